The number of nitrogens with one attached hydrogen (secondary N) is 5. The summed E-state index contributed by atoms with van der Waals surface area (Å²) in [5, 5.41) is 65.5. The number of likely N-dealkylation sites (N-methyl/N-ethyl adjacent to an activating group) is 1. The highest BCUT2D eigenvalue weighted by Crippen LogP contribution is 2.61. The number of phosphoric ester groups is 5. The number of hydrogen-bond donors (Lipinski definition) is 14. The van der Waals surface area contributed by atoms with E-state index in [0.717, 1.165) is 36.9 Å². The van der Waals surface area contributed by atoms with Crippen molar-refractivity contribution in [3.05, 3.63) is 24.2 Å². The van der Waals surface area contributed by atoms with Crippen LogP contribution in [0.15, 0.2) is 34.2 Å². The van der Waals surface area contributed by atoms with Crippen LogP contribution in [0.25, 0.3) is 11.2 Å². The highest BCUT2D eigenvalue weighted by molar-refractivity contribution is 8.33. The van der Waals surface area contributed by atoms with Gasteiger partial charge in [-0.2, -0.15) is 4.31 Å². The number of nitrogens with zero attached hydrogens (tertiary/aromatic N) is 7. The van der Waals surface area contributed by atoms with Crippen LogP contribution in [0, 0.1) is 10.8 Å². The number of hydrogen-bond acceptors (Lipinski definition) is 38. The van der Waals surface area contributed by atoms with Crippen LogP contribution in [0.1, 0.15) is 67.7 Å². The van der Waals surface area contributed by atoms with E-state index in [1.165, 1.54) is 53.5 Å². The van der Waals surface area contributed by atoms with Gasteiger partial charge in [-0.25, -0.2) is 33.4 Å². The number of carbonyl (C=O) groups excluding carboxylic acids is 5. The Labute approximate surface area is 583 Å². The van der Waals surface area contributed by atoms with Crippen molar-refractivity contribution in [3.63, 3.8) is 0 Å². The van der Waals surface area contributed by atoms with E-state index < -0.39 is 155 Å². The molecule has 0 spiro atoms. The first-order valence-electron chi connectivity index (χ1n) is 29.2. The quantitative estimate of drug-likeness (QED) is 0.0172. The molecule has 572 valence electrons. The van der Waals surface area contributed by atoms with E-state index in [1.54, 1.807) is 0 Å². The van der Waals surface area contributed by atoms with Crippen LogP contribution in [0.4, 0.5) is 5.82 Å². The summed E-state index contributed by atoms with van der Waals surface area (Å²) in [5.74, 6) is -2.02. The van der Waals surface area contributed by atoms with Crippen LogP contribution in [-0.4, -0.2) is 228 Å². The van der Waals surface area contributed by atoms with Gasteiger partial charge in [0.25, 0.3) is 15.6 Å². The summed E-state index contributed by atoms with van der Waals surface area (Å²) >= 11 is 1.04. The van der Waals surface area contributed by atoms with E-state index in [-0.39, 0.29) is 84.5 Å². The van der Waals surface area contributed by atoms with Crippen LogP contribution in [0.5, 0.6) is 0 Å². The number of aromatic nitrogens is 4. The minimum Gasteiger partial charge on any atom is -0.790 e. The number of thioether (sulfide) groups is 1. The van der Waals surface area contributed by atoms with Crippen molar-refractivity contribution in [1.82, 2.24) is 51.0 Å². The van der Waals surface area contributed by atoms with Gasteiger partial charge in [-0.1, -0.05) is 54.3 Å². The lowest BCUT2D eigenvalue weighted by Crippen LogP contribution is -2.47. The minimum absolute atomic E-state index is 0.0237. The summed E-state index contributed by atoms with van der Waals surface area (Å²) in [6.45, 7) is 9.37. The maximum atomic E-state index is 12.5. The molecule has 2 aromatic heterocycles. The summed E-state index contributed by atoms with van der Waals surface area (Å²) in [6, 6.07) is 0. The van der Waals surface area contributed by atoms with Gasteiger partial charge in [0.1, 0.15) is 84.7 Å². The number of ether oxygens (including phenoxy) is 2. The third-order valence-electron chi connectivity index (χ3n) is 13.9. The molecular weight excluding hydrogens is 1520 g/mol. The van der Waals surface area contributed by atoms with Crippen LogP contribution >= 0.6 is 76.7 Å². The van der Waals surface area contributed by atoms with Gasteiger partial charge in [0, 0.05) is 69.6 Å². The number of carbonyl (C=O) groups is 5. The molecule has 2 fully saturated rings. The third kappa shape index (κ3) is 28.3. The zero-order valence-corrected chi connectivity index (χ0v) is 63.5. The number of anilines is 1. The van der Waals surface area contributed by atoms with Crippen molar-refractivity contribution in [2.75, 3.05) is 77.8 Å². The fourth-order valence-electron chi connectivity index (χ4n) is 8.63. The van der Waals surface area contributed by atoms with E-state index in [9.17, 15) is 102 Å². The maximum Gasteiger partial charge on any atom is 0.481 e. The van der Waals surface area contributed by atoms with Crippen molar-refractivity contribution in [2.45, 2.75) is 129 Å². The van der Waals surface area contributed by atoms with Gasteiger partial charge >= 0.3 is 15.6 Å². The average Bonchev–Trinajstić information content (AvgIpc) is 1.58. The molecule has 2 aromatic rings. The van der Waals surface area contributed by atoms with Crippen molar-refractivity contribution in [1.29, 1.82) is 0 Å². The molecule has 53 heteroatoms. The number of imidazole rings is 1. The first-order valence-corrected chi connectivity index (χ1v) is 42.1. The van der Waals surface area contributed by atoms with Gasteiger partial charge in [-0.05, 0) is 20.1 Å². The Hall–Kier alpha value is -3.63. The summed E-state index contributed by atoms with van der Waals surface area (Å²) in [6.07, 6.45) is -13.0. The molecule has 0 bridgehead atoms. The average molecular weight is 1610 g/mol. The fraction of sp³-hybridized carbons (Fsp3) is 0.702. The predicted molar refractivity (Wildman–Crippen MR) is 354 cm³/mol. The van der Waals surface area contributed by atoms with E-state index in [1.807, 2.05) is 6.92 Å². The molecule has 3 aliphatic heterocycles. The molecule has 3 aliphatic rings. The number of amides is 4. The molecule has 2 saturated heterocycles. The van der Waals surface area contributed by atoms with E-state index in [2.05, 4.69) is 98.3 Å². The highest BCUT2D eigenvalue weighted by atomic mass is 32.4. The number of rotatable bonds is 37. The number of fused-ring (bicyclic) bond motifs is 1. The monoisotopic (exact) mass is 1600 g/mol. The lowest BCUT2D eigenvalue weighted by molar-refractivity contribution is -0.347. The number of amidine groups is 1. The predicted octanol–water partition coefficient (Wildman–Crippen LogP) is -4.60. The minimum atomic E-state index is -5.90. The number of nitrogen functional groups attached to an aromatic ring is 1. The topological polar surface area (TPSA) is 671 Å². The molecule has 16 unspecified atom stereocenters. The molecular formula is C47H84N14O30P8S-4. The molecule has 100 heavy (non-hydrogen) atoms. The Morgan fingerprint density at radius 2 is 1.37 bits per heavy atom. The summed E-state index contributed by atoms with van der Waals surface area (Å²) in [7, 11) is -20.8. The smallest absolute Gasteiger partial charge is 0.481 e. The van der Waals surface area contributed by atoms with Crippen LogP contribution < -0.4 is 57.6 Å². The molecule has 5 heterocycles. The van der Waals surface area contributed by atoms with Gasteiger partial charge in [0.2, 0.25) is 23.6 Å². The summed E-state index contributed by atoms with van der Waals surface area (Å²) < 4.78 is 105. The molecule has 4 amide bonds. The second kappa shape index (κ2) is 39.6. The zero-order chi connectivity index (χ0) is 76.2. The Morgan fingerprint density at radius 3 is 1.91 bits per heavy atom. The molecule has 0 aliphatic carbocycles. The first-order chi connectivity index (χ1) is 46.1. The highest BCUT2D eigenvalue weighted by Gasteiger charge is 2.56. The van der Waals surface area contributed by atoms with Crippen molar-refractivity contribution in [3.8, 4) is 0 Å². The fourth-order valence-corrected chi connectivity index (χ4v) is 14.1. The van der Waals surface area contributed by atoms with Gasteiger partial charge in [0.05, 0.1) is 40.6 Å². The summed E-state index contributed by atoms with van der Waals surface area (Å²) in [4.78, 5) is 148. The Kier molecular flexibility index (Phi) is 35.9. The van der Waals surface area contributed by atoms with Crippen LogP contribution in [0.2, 0.25) is 0 Å². The Bertz CT molecular complexity index is 3450. The molecule has 0 aromatic carbocycles. The second-order valence-electron chi connectivity index (χ2n) is 22.8. The third-order valence-corrected chi connectivity index (χ3v) is 20.3. The summed E-state index contributed by atoms with van der Waals surface area (Å²) in [5.41, 5.74) is 6.51. The Balaban J connectivity index is 0.000000501. The molecule has 44 nitrogen and oxygen atoms in total. The molecule has 16 N–H and O–H groups in total. The molecule has 5 rings (SSSR count). The van der Waals surface area contributed by atoms with E-state index in [4.69, 9.17) is 30.0 Å². The number of aliphatic hydroxyl groups is 5. The number of nitrogens with two attached hydrogens (primary N) is 2. The maximum absolute atomic E-state index is 12.5. The normalized spacial score (nSPS) is 24.0. The number of phosphoric acid groups is 5. The van der Waals surface area contributed by atoms with Crippen molar-refractivity contribution >= 4 is 135 Å². The number of aliphatic imine (C=N–C) groups is 2. The standard InChI is InChI=1S/C24H43N7O14P2S.C23H40N7O16P3.H5P3/c1-13(32)48-9-8-27-15(33)6-7-28-22(37)19(36)24(2,3)11-43-47(40,41)45-46(38,39)42-10-14-17(34)18(35)23(44-14)31(5)21-16(26-4)20(25)29-12-30-21;1-5-7-25-14(31)6-8-26-21(34)18(33)22(2,3)10-43-49(40,41)46-48(38,39)42-9-13-16(45-47(35,36)37)17(32)23(4,44-13)30-12-29-15-19(24)27-11-28-20(15)30;1-3-2/h14,17-19,23,30,34-36H,4,6-12H2,1-3,5H3,(H2,25,29)(H,27,33)(H,28,37)(H,38,39)(H,40,41);11-13,16-18,32-33H,5-10H2,1-4H3,(H,25,31)(H,26,34)(H,38,39)(H,40,41)(H2,24,27,28)(H2,35,36,37);3H,1-2H2/p-4. The number of aliphatic hydroxyl groups excluding tert-OH is 5. The molecule has 16 atom stereocenters. The first kappa shape index (κ1) is 90.6. The van der Waals surface area contributed by atoms with Gasteiger partial charge < -0.3 is 125 Å². The lowest BCUT2D eigenvalue weighted by atomic mass is 9.87. The molecule has 0 radical (unpaired) electrons. The van der Waals surface area contributed by atoms with Crippen LogP contribution in [-0.2, 0) is 93.2 Å². The van der Waals surface area contributed by atoms with Gasteiger partial charge in [-0.15, -0.1) is 17.9 Å². The Morgan fingerprint density at radius 1 is 0.840 bits per heavy atom. The molecule has 0 saturated carbocycles. The largest absolute Gasteiger partial charge is 0.790 e. The second-order valence-corrected chi connectivity index (χ2v) is 35.5. The van der Waals surface area contributed by atoms with Crippen LogP contribution in [0.3, 0.4) is 0 Å². The van der Waals surface area contributed by atoms with E-state index >= 15 is 0 Å². The lowest BCUT2D eigenvalue weighted by Gasteiger charge is -2.36. The van der Waals surface area contributed by atoms with Gasteiger partial charge in [-0.3, -0.25) is 51.7 Å². The van der Waals surface area contributed by atoms with Gasteiger partial charge in [0.15, 0.2) is 28.5 Å². The zero-order valence-electron chi connectivity index (χ0n) is 54.9. The van der Waals surface area contributed by atoms with E-state index in [0.29, 0.717) is 18.7 Å². The SMILES string of the molecule is C=NC1=C(N(C)C2OC(COP(=O)(O)OP(=O)(O)OCC(C)(C)C(O)C(=O)NCCC(=O)NCCSC(C)=O)C(O)C2O)NCN=C1N.CCCNC(=O)CCNC(=O)C(O)C(C)(C)COP(=O)([O-])OP(=O)([O-])OCC1OC(C)(n2cnc3c(N)ncnc32)C(O)C1OP(=O)([O-])[O-].PPP. The van der Waals surface area contributed by atoms with Crippen molar-refractivity contribution in [2.24, 2.45) is 26.5 Å². The van der Waals surface area contributed by atoms with Crippen molar-refractivity contribution < 1.29 is 142 Å².